The first kappa shape index (κ1) is 15.7. The Bertz CT molecular complexity index is 353. The summed E-state index contributed by atoms with van der Waals surface area (Å²) in [6.07, 6.45) is 6.16. The van der Waals surface area contributed by atoms with Crippen molar-refractivity contribution in [1.82, 2.24) is 0 Å². The predicted octanol–water partition coefficient (Wildman–Crippen LogP) is 2.38. The Kier molecular flexibility index (Phi) is 6.02. The third kappa shape index (κ3) is 5.42. The maximum absolute atomic E-state index is 11.9. The van der Waals surface area contributed by atoms with Gasteiger partial charge in [0.1, 0.15) is 0 Å². The zero-order chi connectivity index (χ0) is 14.3. The summed E-state index contributed by atoms with van der Waals surface area (Å²) in [6, 6.07) is 0. The number of carboxylic acid groups (broad SMARTS) is 1. The van der Waals surface area contributed by atoms with Crippen LogP contribution in [0.2, 0.25) is 0 Å². The van der Waals surface area contributed by atoms with E-state index >= 15 is 0 Å². The molecule has 0 amide bonds. The molecule has 0 aromatic carbocycles. The molecule has 0 unspecified atom stereocenters. The largest absolute Gasteiger partial charge is 0.481 e. The SMILES string of the molecule is CCCC=C(CC(=O)O)C(=O)OC1(O)CCCCC1. The number of unbranched alkanes of at least 4 members (excludes halogenated alkanes) is 1. The molecule has 0 aromatic rings. The summed E-state index contributed by atoms with van der Waals surface area (Å²) in [4.78, 5) is 22.7. The fourth-order valence-electron chi connectivity index (χ4n) is 2.15. The van der Waals surface area contributed by atoms with Crippen LogP contribution in [0.5, 0.6) is 0 Å². The number of carboxylic acids is 1. The molecule has 0 aromatic heterocycles. The second-order valence-corrected chi connectivity index (χ2v) is 4.98. The minimum Gasteiger partial charge on any atom is -0.481 e. The van der Waals surface area contributed by atoms with E-state index in [1.807, 2.05) is 6.92 Å². The van der Waals surface area contributed by atoms with Crippen molar-refractivity contribution in [2.75, 3.05) is 0 Å². The Labute approximate surface area is 113 Å². The highest BCUT2D eigenvalue weighted by molar-refractivity contribution is 5.93. The Hall–Kier alpha value is -1.36. The molecule has 1 fully saturated rings. The number of carbonyl (C=O) groups excluding carboxylic acids is 1. The normalized spacial score (nSPS) is 18.9. The van der Waals surface area contributed by atoms with Gasteiger partial charge in [0, 0.05) is 18.4 Å². The first-order chi connectivity index (χ1) is 8.97. The number of hydrogen-bond donors (Lipinski definition) is 2. The monoisotopic (exact) mass is 270 g/mol. The first-order valence-corrected chi connectivity index (χ1v) is 6.83. The van der Waals surface area contributed by atoms with Crippen molar-refractivity contribution in [1.29, 1.82) is 0 Å². The molecule has 0 aliphatic heterocycles. The van der Waals surface area contributed by atoms with E-state index in [4.69, 9.17) is 9.84 Å². The number of carbonyl (C=O) groups is 2. The average Bonchev–Trinajstić information content (AvgIpc) is 2.34. The van der Waals surface area contributed by atoms with Crippen molar-refractivity contribution in [3.05, 3.63) is 11.6 Å². The lowest BCUT2D eigenvalue weighted by molar-refractivity contribution is -0.216. The summed E-state index contributed by atoms with van der Waals surface area (Å²) in [5.41, 5.74) is 0.119. The zero-order valence-electron chi connectivity index (χ0n) is 11.4. The van der Waals surface area contributed by atoms with Crippen LogP contribution < -0.4 is 0 Å². The molecule has 0 atom stereocenters. The number of rotatable bonds is 6. The maximum Gasteiger partial charge on any atom is 0.336 e. The molecule has 5 nitrogen and oxygen atoms in total. The van der Waals surface area contributed by atoms with Gasteiger partial charge in [0.2, 0.25) is 5.79 Å². The van der Waals surface area contributed by atoms with Gasteiger partial charge in [-0.25, -0.2) is 4.79 Å². The molecule has 5 heteroatoms. The van der Waals surface area contributed by atoms with Crippen LogP contribution in [0.25, 0.3) is 0 Å². The molecule has 0 spiro atoms. The molecule has 1 saturated carbocycles. The minimum absolute atomic E-state index is 0.119. The Morgan fingerprint density at radius 2 is 1.89 bits per heavy atom. The van der Waals surface area contributed by atoms with Gasteiger partial charge in [-0.05, 0) is 19.3 Å². The molecule has 1 rings (SSSR count). The molecule has 108 valence electrons. The van der Waals surface area contributed by atoms with Crippen LogP contribution in [-0.2, 0) is 14.3 Å². The van der Waals surface area contributed by atoms with Gasteiger partial charge in [0.05, 0.1) is 6.42 Å². The van der Waals surface area contributed by atoms with Crippen molar-refractivity contribution in [3.8, 4) is 0 Å². The zero-order valence-corrected chi connectivity index (χ0v) is 11.4. The second kappa shape index (κ2) is 7.28. The van der Waals surface area contributed by atoms with Gasteiger partial charge in [-0.3, -0.25) is 4.79 Å². The molecule has 0 heterocycles. The van der Waals surface area contributed by atoms with E-state index in [1.165, 1.54) is 0 Å². The Balaban J connectivity index is 2.67. The lowest BCUT2D eigenvalue weighted by Gasteiger charge is -2.31. The number of allylic oxidation sites excluding steroid dienone is 1. The van der Waals surface area contributed by atoms with Gasteiger partial charge in [-0.15, -0.1) is 0 Å². The van der Waals surface area contributed by atoms with E-state index in [0.717, 1.165) is 25.7 Å². The number of esters is 1. The Morgan fingerprint density at radius 3 is 2.42 bits per heavy atom. The molecule has 0 saturated heterocycles. The van der Waals surface area contributed by atoms with Crippen LogP contribution in [0.15, 0.2) is 11.6 Å². The second-order valence-electron chi connectivity index (χ2n) is 4.98. The standard InChI is InChI=1S/C14H22O5/c1-2-3-7-11(10-12(15)16)13(17)19-14(18)8-5-4-6-9-14/h7,18H,2-6,8-10H2,1H3,(H,15,16). The highest BCUT2D eigenvalue weighted by Crippen LogP contribution is 2.30. The van der Waals surface area contributed by atoms with Gasteiger partial charge < -0.3 is 14.9 Å². The summed E-state index contributed by atoms with van der Waals surface area (Å²) in [5.74, 6) is -3.20. The van der Waals surface area contributed by atoms with Gasteiger partial charge in [0.25, 0.3) is 0 Å². The molecule has 0 bridgehead atoms. The van der Waals surface area contributed by atoms with E-state index in [9.17, 15) is 14.7 Å². The average molecular weight is 270 g/mol. The van der Waals surface area contributed by atoms with Crippen molar-refractivity contribution >= 4 is 11.9 Å². The fraction of sp³-hybridized carbons (Fsp3) is 0.714. The van der Waals surface area contributed by atoms with Crippen molar-refractivity contribution in [3.63, 3.8) is 0 Å². The van der Waals surface area contributed by atoms with Gasteiger partial charge >= 0.3 is 11.9 Å². The quantitative estimate of drug-likeness (QED) is 0.440. The maximum atomic E-state index is 11.9. The predicted molar refractivity (Wildman–Crippen MR) is 69.4 cm³/mol. The van der Waals surface area contributed by atoms with Gasteiger partial charge in [-0.2, -0.15) is 0 Å². The van der Waals surface area contributed by atoms with Crippen LogP contribution in [0.4, 0.5) is 0 Å². The highest BCUT2D eigenvalue weighted by atomic mass is 16.7. The number of aliphatic hydroxyl groups is 1. The molecule has 19 heavy (non-hydrogen) atoms. The molecule has 0 radical (unpaired) electrons. The summed E-state index contributed by atoms with van der Waals surface area (Å²) in [6.45, 7) is 1.94. The summed E-state index contributed by atoms with van der Waals surface area (Å²) in [7, 11) is 0. The molecular formula is C14H22O5. The van der Waals surface area contributed by atoms with E-state index in [-0.39, 0.29) is 12.0 Å². The van der Waals surface area contributed by atoms with Crippen LogP contribution in [0.3, 0.4) is 0 Å². The first-order valence-electron chi connectivity index (χ1n) is 6.83. The van der Waals surface area contributed by atoms with Crippen molar-refractivity contribution < 1.29 is 24.5 Å². The minimum atomic E-state index is -1.42. The molecule has 2 N–H and O–H groups in total. The molecule has 1 aliphatic carbocycles. The lowest BCUT2D eigenvalue weighted by Crippen LogP contribution is -2.37. The molecular weight excluding hydrogens is 248 g/mol. The van der Waals surface area contributed by atoms with Crippen LogP contribution in [-0.4, -0.2) is 27.9 Å². The summed E-state index contributed by atoms with van der Waals surface area (Å²) < 4.78 is 5.12. The third-order valence-electron chi connectivity index (χ3n) is 3.20. The third-order valence-corrected chi connectivity index (χ3v) is 3.20. The summed E-state index contributed by atoms with van der Waals surface area (Å²) >= 11 is 0. The highest BCUT2D eigenvalue weighted by Gasteiger charge is 2.34. The smallest absolute Gasteiger partial charge is 0.336 e. The van der Waals surface area contributed by atoms with E-state index in [2.05, 4.69) is 0 Å². The molecule has 1 aliphatic rings. The fourth-order valence-corrected chi connectivity index (χ4v) is 2.15. The topological polar surface area (TPSA) is 83.8 Å². The number of hydrogen-bond acceptors (Lipinski definition) is 4. The Morgan fingerprint density at radius 1 is 1.26 bits per heavy atom. The number of ether oxygens (including phenoxy) is 1. The van der Waals surface area contributed by atoms with Crippen LogP contribution in [0, 0.1) is 0 Å². The van der Waals surface area contributed by atoms with Crippen LogP contribution >= 0.6 is 0 Å². The van der Waals surface area contributed by atoms with Crippen molar-refractivity contribution in [2.24, 2.45) is 0 Å². The van der Waals surface area contributed by atoms with Crippen LogP contribution in [0.1, 0.15) is 58.3 Å². The lowest BCUT2D eigenvalue weighted by atomic mass is 9.94. The van der Waals surface area contributed by atoms with Gasteiger partial charge in [-0.1, -0.05) is 25.8 Å². The summed E-state index contributed by atoms with van der Waals surface area (Å²) in [5, 5.41) is 18.9. The van der Waals surface area contributed by atoms with E-state index in [1.54, 1.807) is 6.08 Å². The van der Waals surface area contributed by atoms with Crippen molar-refractivity contribution in [2.45, 2.75) is 64.1 Å². The number of aliphatic carboxylic acids is 1. The van der Waals surface area contributed by atoms with Gasteiger partial charge in [0.15, 0.2) is 0 Å². The van der Waals surface area contributed by atoms with E-state index in [0.29, 0.717) is 19.3 Å². The van der Waals surface area contributed by atoms with E-state index < -0.39 is 17.7 Å².